The fraction of sp³-hybridized carbons (Fsp3) is 0.750. The van der Waals surface area contributed by atoms with Gasteiger partial charge in [-0.2, -0.15) is 5.26 Å². The second-order valence-electron chi connectivity index (χ2n) is 3.58. The lowest BCUT2D eigenvalue weighted by atomic mass is 9.97. The van der Waals surface area contributed by atoms with E-state index >= 15 is 0 Å². The summed E-state index contributed by atoms with van der Waals surface area (Å²) in [6, 6.07) is 1.82. The molecule has 0 aromatic rings. The van der Waals surface area contributed by atoms with E-state index in [4.69, 9.17) is 5.26 Å². The molecule has 0 unspecified atom stereocenters. The molecule has 1 amide bonds. The van der Waals surface area contributed by atoms with Crippen molar-refractivity contribution in [3.63, 3.8) is 0 Å². The van der Waals surface area contributed by atoms with Crippen molar-refractivity contribution in [2.45, 2.75) is 12.5 Å². The minimum absolute atomic E-state index is 0.0447. The molecule has 0 atom stereocenters. The molecule has 72 valence electrons. The third-order valence-corrected chi connectivity index (χ3v) is 1.86. The number of carbonyl (C=O) groups excluding carboxylic acids is 1. The summed E-state index contributed by atoms with van der Waals surface area (Å²) in [6.07, 6.45) is 0. The Morgan fingerprint density at radius 2 is 2.38 bits per heavy atom. The van der Waals surface area contributed by atoms with E-state index in [0.717, 1.165) is 0 Å². The number of nitrogens with one attached hydrogen (secondary N) is 1. The first-order valence-corrected chi connectivity index (χ1v) is 4.12. The van der Waals surface area contributed by atoms with Crippen molar-refractivity contribution in [2.24, 2.45) is 0 Å². The molecule has 5 heteroatoms. The Morgan fingerprint density at radius 3 is 2.85 bits per heavy atom. The summed E-state index contributed by atoms with van der Waals surface area (Å²) in [5.41, 5.74) is -0.643. The minimum Gasteiger partial charge on any atom is -0.388 e. The molecule has 0 aliphatic carbocycles. The van der Waals surface area contributed by atoms with Crippen LogP contribution in [-0.2, 0) is 4.79 Å². The third kappa shape index (κ3) is 3.01. The molecule has 2 N–H and O–H groups in total. The van der Waals surface area contributed by atoms with E-state index in [0.29, 0.717) is 13.1 Å². The molecular formula is C8H13N3O2. The van der Waals surface area contributed by atoms with E-state index in [1.807, 2.05) is 11.0 Å². The fourth-order valence-corrected chi connectivity index (χ4v) is 1.43. The highest BCUT2D eigenvalue weighted by atomic mass is 16.3. The first-order chi connectivity index (χ1) is 6.03. The molecule has 1 fully saturated rings. The van der Waals surface area contributed by atoms with Gasteiger partial charge in [0.15, 0.2) is 0 Å². The topological polar surface area (TPSA) is 76.4 Å². The van der Waals surface area contributed by atoms with Crippen LogP contribution in [0, 0.1) is 11.3 Å². The number of β-amino-alcohol motifs (C(OH)–C–C–N with tert-alkyl or cyclic N) is 1. The number of rotatable bonds is 3. The van der Waals surface area contributed by atoms with E-state index in [2.05, 4.69) is 5.32 Å². The Bertz CT molecular complexity index is 236. The molecule has 1 rings (SSSR count). The van der Waals surface area contributed by atoms with Crippen LogP contribution in [0.5, 0.6) is 0 Å². The standard InChI is InChI=1S/C8H13N3O2/c1-8(13)5-11(6-8)4-7(12)10-3-2-9/h13H,3-6H2,1H3,(H,10,12). The summed E-state index contributed by atoms with van der Waals surface area (Å²) in [5.74, 6) is -0.169. The lowest BCUT2D eigenvalue weighted by Crippen LogP contribution is -2.61. The van der Waals surface area contributed by atoms with Gasteiger partial charge >= 0.3 is 0 Å². The molecule has 5 nitrogen and oxygen atoms in total. The minimum atomic E-state index is -0.643. The van der Waals surface area contributed by atoms with E-state index in [9.17, 15) is 9.90 Å². The van der Waals surface area contributed by atoms with Gasteiger partial charge in [-0.15, -0.1) is 0 Å². The van der Waals surface area contributed by atoms with Crippen LogP contribution in [0.1, 0.15) is 6.92 Å². The van der Waals surface area contributed by atoms with E-state index in [1.165, 1.54) is 0 Å². The van der Waals surface area contributed by atoms with E-state index in [1.54, 1.807) is 6.92 Å². The Hall–Kier alpha value is -1.12. The summed E-state index contributed by atoms with van der Waals surface area (Å²) < 4.78 is 0. The lowest BCUT2D eigenvalue weighted by molar-refractivity contribution is -0.129. The first-order valence-electron chi connectivity index (χ1n) is 4.12. The van der Waals surface area contributed by atoms with Crippen molar-refractivity contribution < 1.29 is 9.90 Å². The van der Waals surface area contributed by atoms with Crippen LogP contribution >= 0.6 is 0 Å². The van der Waals surface area contributed by atoms with Gasteiger partial charge in [0.05, 0.1) is 18.2 Å². The summed E-state index contributed by atoms with van der Waals surface area (Å²) in [6.45, 7) is 3.08. The quantitative estimate of drug-likeness (QED) is 0.533. The summed E-state index contributed by atoms with van der Waals surface area (Å²) in [7, 11) is 0. The van der Waals surface area contributed by atoms with E-state index < -0.39 is 5.60 Å². The van der Waals surface area contributed by atoms with Crippen LogP contribution < -0.4 is 5.32 Å². The lowest BCUT2D eigenvalue weighted by Gasteiger charge is -2.43. The maximum Gasteiger partial charge on any atom is 0.235 e. The molecule has 1 aliphatic rings. The van der Waals surface area contributed by atoms with Gasteiger partial charge in [-0.3, -0.25) is 9.69 Å². The van der Waals surface area contributed by atoms with Gasteiger partial charge in [0.25, 0.3) is 0 Å². The average Bonchev–Trinajstić information content (AvgIpc) is 1.97. The van der Waals surface area contributed by atoms with Gasteiger partial charge in [0.2, 0.25) is 5.91 Å². The SMILES string of the molecule is CC1(O)CN(CC(=O)NCC#N)C1. The highest BCUT2D eigenvalue weighted by Crippen LogP contribution is 2.18. The van der Waals surface area contributed by atoms with Crippen molar-refractivity contribution in [1.29, 1.82) is 5.26 Å². The maximum absolute atomic E-state index is 11.0. The number of nitriles is 1. The average molecular weight is 183 g/mol. The van der Waals surface area contributed by atoms with Gasteiger partial charge < -0.3 is 10.4 Å². The van der Waals surface area contributed by atoms with Crippen LogP contribution in [0.4, 0.5) is 0 Å². The molecule has 0 radical (unpaired) electrons. The number of carbonyl (C=O) groups is 1. The second kappa shape index (κ2) is 3.73. The Labute approximate surface area is 76.9 Å². The van der Waals surface area contributed by atoms with Crippen LogP contribution in [0.25, 0.3) is 0 Å². The molecule has 0 aromatic heterocycles. The fourth-order valence-electron chi connectivity index (χ4n) is 1.43. The molecule has 1 saturated heterocycles. The van der Waals surface area contributed by atoms with Crippen molar-refractivity contribution in [1.82, 2.24) is 10.2 Å². The van der Waals surface area contributed by atoms with Crippen LogP contribution in [-0.4, -0.2) is 47.7 Å². The molecule has 0 spiro atoms. The zero-order valence-electron chi connectivity index (χ0n) is 7.58. The largest absolute Gasteiger partial charge is 0.388 e. The van der Waals surface area contributed by atoms with Crippen molar-refractivity contribution in [3.05, 3.63) is 0 Å². The number of aliphatic hydroxyl groups is 1. The normalized spacial score (nSPS) is 20.1. The zero-order chi connectivity index (χ0) is 9.90. The number of amides is 1. The molecule has 13 heavy (non-hydrogen) atoms. The number of nitrogens with zero attached hydrogens (tertiary/aromatic N) is 2. The number of hydrogen-bond donors (Lipinski definition) is 2. The molecule has 1 aliphatic heterocycles. The van der Waals surface area contributed by atoms with Crippen molar-refractivity contribution in [2.75, 3.05) is 26.2 Å². The maximum atomic E-state index is 11.0. The third-order valence-electron chi connectivity index (χ3n) is 1.86. The zero-order valence-corrected chi connectivity index (χ0v) is 7.58. The molecular weight excluding hydrogens is 170 g/mol. The van der Waals surface area contributed by atoms with Crippen molar-refractivity contribution in [3.8, 4) is 6.07 Å². The smallest absolute Gasteiger partial charge is 0.235 e. The Morgan fingerprint density at radius 1 is 1.77 bits per heavy atom. The summed E-state index contributed by atoms with van der Waals surface area (Å²) >= 11 is 0. The van der Waals surface area contributed by atoms with Gasteiger partial charge in [-0.05, 0) is 6.92 Å². The first kappa shape index (κ1) is 9.96. The predicted octanol–water partition coefficient (Wildman–Crippen LogP) is -1.31. The highest BCUT2D eigenvalue weighted by Gasteiger charge is 2.36. The van der Waals surface area contributed by atoms with Gasteiger partial charge in [-0.25, -0.2) is 0 Å². The predicted molar refractivity (Wildman–Crippen MR) is 45.7 cm³/mol. The monoisotopic (exact) mass is 183 g/mol. The number of likely N-dealkylation sites (tertiary alicyclic amines) is 1. The molecule has 0 saturated carbocycles. The second-order valence-corrected chi connectivity index (χ2v) is 3.58. The summed E-state index contributed by atoms with van der Waals surface area (Å²) in [4.78, 5) is 12.9. The highest BCUT2D eigenvalue weighted by molar-refractivity contribution is 5.78. The van der Waals surface area contributed by atoms with Crippen LogP contribution in [0.15, 0.2) is 0 Å². The van der Waals surface area contributed by atoms with Crippen LogP contribution in [0.3, 0.4) is 0 Å². The Kier molecular flexibility index (Phi) is 2.86. The Balaban J connectivity index is 2.14. The van der Waals surface area contributed by atoms with Gasteiger partial charge in [-0.1, -0.05) is 0 Å². The number of hydrogen-bond acceptors (Lipinski definition) is 4. The van der Waals surface area contributed by atoms with Crippen LogP contribution in [0.2, 0.25) is 0 Å². The van der Waals surface area contributed by atoms with Gasteiger partial charge in [0, 0.05) is 13.1 Å². The van der Waals surface area contributed by atoms with E-state index in [-0.39, 0.29) is 19.0 Å². The molecule has 1 heterocycles. The molecule has 0 aromatic carbocycles. The molecule has 0 bridgehead atoms. The summed E-state index contributed by atoms with van der Waals surface area (Å²) in [5, 5.41) is 20.0. The van der Waals surface area contributed by atoms with Crippen molar-refractivity contribution >= 4 is 5.91 Å². The van der Waals surface area contributed by atoms with Gasteiger partial charge in [0.1, 0.15) is 6.54 Å².